The lowest BCUT2D eigenvalue weighted by molar-refractivity contribution is 0.143. The highest BCUT2D eigenvalue weighted by Gasteiger charge is 2.21. The Labute approximate surface area is 104 Å². The van der Waals surface area contributed by atoms with Gasteiger partial charge in [-0.3, -0.25) is 4.90 Å². The average molecular weight is 236 g/mol. The Hall–Kier alpha value is -0.800. The van der Waals surface area contributed by atoms with Crippen molar-refractivity contribution in [1.29, 1.82) is 0 Å². The molecule has 96 valence electrons. The second-order valence-electron chi connectivity index (χ2n) is 4.96. The van der Waals surface area contributed by atoms with Crippen molar-refractivity contribution < 1.29 is 4.42 Å². The maximum Gasteiger partial charge on any atom is 0.118 e. The Balaban J connectivity index is 1.95. The van der Waals surface area contributed by atoms with Crippen LogP contribution >= 0.6 is 0 Å². The molecule has 0 bridgehead atoms. The van der Waals surface area contributed by atoms with Gasteiger partial charge in [0, 0.05) is 6.04 Å². The van der Waals surface area contributed by atoms with Gasteiger partial charge < -0.3 is 9.73 Å². The standard InChI is InChI=1S/C14H24N2O/c1-3-10-16(13-6-8-15-9-7-13)11-14-5-4-12(2)17-14/h4-5,13,15H,3,6-11H2,1-2H3. The second kappa shape index (κ2) is 6.22. The van der Waals surface area contributed by atoms with Gasteiger partial charge in [0.2, 0.25) is 0 Å². The van der Waals surface area contributed by atoms with Crippen molar-refractivity contribution >= 4 is 0 Å². The van der Waals surface area contributed by atoms with Gasteiger partial charge in [0.05, 0.1) is 6.54 Å². The van der Waals surface area contributed by atoms with Crippen LogP contribution in [0.1, 0.15) is 37.7 Å². The molecule has 0 aromatic carbocycles. The molecule has 3 heteroatoms. The van der Waals surface area contributed by atoms with Crippen LogP contribution in [0.2, 0.25) is 0 Å². The van der Waals surface area contributed by atoms with Crippen LogP contribution in [0.5, 0.6) is 0 Å². The molecule has 1 N–H and O–H groups in total. The highest BCUT2D eigenvalue weighted by atomic mass is 16.3. The number of nitrogens with zero attached hydrogens (tertiary/aromatic N) is 1. The molecular weight excluding hydrogens is 212 g/mol. The van der Waals surface area contributed by atoms with Crippen LogP contribution in [0.4, 0.5) is 0 Å². The molecule has 0 amide bonds. The summed E-state index contributed by atoms with van der Waals surface area (Å²) in [4.78, 5) is 2.58. The number of hydrogen-bond donors (Lipinski definition) is 1. The van der Waals surface area contributed by atoms with Gasteiger partial charge in [-0.2, -0.15) is 0 Å². The predicted octanol–water partition coefficient (Wildman–Crippen LogP) is 2.55. The van der Waals surface area contributed by atoms with Gasteiger partial charge in [-0.1, -0.05) is 6.92 Å². The van der Waals surface area contributed by atoms with Crippen LogP contribution in [0, 0.1) is 6.92 Å². The number of hydrogen-bond acceptors (Lipinski definition) is 3. The lowest BCUT2D eigenvalue weighted by atomic mass is 10.0. The first-order chi connectivity index (χ1) is 8.29. The highest BCUT2D eigenvalue weighted by molar-refractivity contribution is 5.05. The van der Waals surface area contributed by atoms with E-state index >= 15 is 0 Å². The van der Waals surface area contributed by atoms with Crippen molar-refractivity contribution in [2.24, 2.45) is 0 Å². The van der Waals surface area contributed by atoms with Gasteiger partial charge in [-0.25, -0.2) is 0 Å². The summed E-state index contributed by atoms with van der Waals surface area (Å²) in [6.45, 7) is 8.71. The maximum atomic E-state index is 5.69. The van der Waals surface area contributed by atoms with Gasteiger partial charge in [0.15, 0.2) is 0 Å². The Bertz CT molecular complexity index is 329. The summed E-state index contributed by atoms with van der Waals surface area (Å²) in [5.41, 5.74) is 0. The van der Waals surface area contributed by atoms with Crippen LogP contribution in [0.25, 0.3) is 0 Å². The van der Waals surface area contributed by atoms with Crippen molar-refractivity contribution in [2.75, 3.05) is 19.6 Å². The lowest BCUT2D eigenvalue weighted by Gasteiger charge is -2.33. The molecule has 1 aromatic heterocycles. The van der Waals surface area contributed by atoms with E-state index in [1.165, 1.54) is 25.8 Å². The molecule has 1 aromatic rings. The fourth-order valence-electron chi connectivity index (χ4n) is 2.62. The normalized spacial score (nSPS) is 17.8. The average Bonchev–Trinajstić information content (AvgIpc) is 2.75. The molecule has 0 atom stereocenters. The van der Waals surface area contributed by atoms with E-state index in [1.54, 1.807) is 0 Å². The maximum absolute atomic E-state index is 5.69. The minimum atomic E-state index is 0.724. The molecule has 3 nitrogen and oxygen atoms in total. The van der Waals surface area contributed by atoms with Crippen LogP contribution in [0.15, 0.2) is 16.5 Å². The Morgan fingerprint density at radius 3 is 2.71 bits per heavy atom. The van der Waals surface area contributed by atoms with Gasteiger partial charge >= 0.3 is 0 Å². The van der Waals surface area contributed by atoms with E-state index in [1.807, 2.05) is 6.92 Å². The molecule has 2 rings (SSSR count). The second-order valence-corrected chi connectivity index (χ2v) is 4.96. The zero-order valence-corrected chi connectivity index (χ0v) is 11.0. The Morgan fingerprint density at radius 2 is 2.12 bits per heavy atom. The first-order valence-corrected chi connectivity index (χ1v) is 6.79. The zero-order chi connectivity index (χ0) is 12.1. The third-order valence-corrected chi connectivity index (χ3v) is 3.49. The van der Waals surface area contributed by atoms with E-state index in [2.05, 4.69) is 29.3 Å². The third-order valence-electron chi connectivity index (χ3n) is 3.49. The van der Waals surface area contributed by atoms with E-state index in [9.17, 15) is 0 Å². The molecular formula is C14H24N2O. The largest absolute Gasteiger partial charge is 0.465 e. The summed E-state index contributed by atoms with van der Waals surface area (Å²) in [5.74, 6) is 2.12. The summed E-state index contributed by atoms with van der Waals surface area (Å²) in [6.07, 6.45) is 3.74. The number of furan rings is 1. The van der Waals surface area contributed by atoms with Gasteiger partial charge in [0.1, 0.15) is 11.5 Å². The SMILES string of the molecule is CCCN(Cc1ccc(C)o1)C1CCNCC1. The molecule has 0 saturated carbocycles. The van der Waals surface area contributed by atoms with Gasteiger partial charge in [-0.05, 0) is 58.0 Å². The smallest absolute Gasteiger partial charge is 0.118 e. The van der Waals surface area contributed by atoms with Crippen molar-refractivity contribution in [3.8, 4) is 0 Å². The summed E-state index contributed by atoms with van der Waals surface area (Å²) in [5, 5.41) is 3.43. The third kappa shape index (κ3) is 3.58. The van der Waals surface area contributed by atoms with Crippen molar-refractivity contribution in [3.05, 3.63) is 23.7 Å². The molecule has 1 saturated heterocycles. The van der Waals surface area contributed by atoms with Crippen molar-refractivity contribution in [2.45, 2.75) is 45.7 Å². The Morgan fingerprint density at radius 1 is 1.35 bits per heavy atom. The molecule has 2 heterocycles. The van der Waals surface area contributed by atoms with E-state index in [4.69, 9.17) is 4.42 Å². The zero-order valence-electron chi connectivity index (χ0n) is 11.0. The monoisotopic (exact) mass is 236 g/mol. The van der Waals surface area contributed by atoms with Crippen LogP contribution in [-0.4, -0.2) is 30.6 Å². The minimum absolute atomic E-state index is 0.724. The van der Waals surface area contributed by atoms with E-state index in [0.717, 1.165) is 37.2 Å². The summed E-state index contributed by atoms with van der Waals surface area (Å²) < 4.78 is 5.69. The number of aryl methyl sites for hydroxylation is 1. The number of rotatable bonds is 5. The predicted molar refractivity (Wildman–Crippen MR) is 70.0 cm³/mol. The molecule has 1 aliphatic heterocycles. The molecule has 17 heavy (non-hydrogen) atoms. The minimum Gasteiger partial charge on any atom is -0.465 e. The molecule has 1 aliphatic rings. The van der Waals surface area contributed by atoms with Crippen molar-refractivity contribution in [3.63, 3.8) is 0 Å². The number of nitrogens with one attached hydrogen (secondary N) is 1. The van der Waals surface area contributed by atoms with Gasteiger partial charge in [0.25, 0.3) is 0 Å². The molecule has 1 fully saturated rings. The summed E-state index contributed by atoms with van der Waals surface area (Å²) >= 11 is 0. The lowest BCUT2D eigenvalue weighted by Crippen LogP contribution is -2.43. The molecule has 0 spiro atoms. The quantitative estimate of drug-likeness (QED) is 0.851. The fraction of sp³-hybridized carbons (Fsp3) is 0.714. The van der Waals surface area contributed by atoms with Gasteiger partial charge in [-0.15, -0.1) is 0 Å². The first kappa shape index (κ1) is 12.7. The van der Waals surface area contributed by atoms with Crippen molar-refractivity contribution in [1.82, 2.24) is 10.2 Å². The van der Waals surface area contributed by atoms with E-state index < -0.39 is 0 Å². The topological polar surface area (TPSA) is 28.4 Å². The van der Waals surface area contributed by atoms with Crippen LogP contribution in [0.3, 0.4) is 0 Å². The molecule has 0 radical (unpaired) electrons. The summed E-state index contributed by atoms with van der Waals surface area (Å²) in [6, 6.07) is 4.89. The van der Waals surface area contributed by atoms with Crippen LogP contribution in [-0.2, 0) is 6.54 Å². The molecule has 0 aliphatic carbocycles. The Kier molecular flexibility index (Phi) is 4.63. The van der Waals surface area contributed by atoms with E-state index in [0.29, 0.717) is 0 Å². The van der Waals surface area contributed by atoms with E-state index in [-0.39, 0.29) is 0 Å². The fourth-order valence-corrected chi connectivity index (χ4v) is 2.62. The first-order valence-electron chi connectivity index (χ1n) is 6.79. The highest BCUT2D eigenvalue weighted by Crippen LogP contribution is 2.17. The number of piperidine rings is 1. The molecule has 0 unspecified atom stereocenters. The summed E-state index contributed by atoms with van der Waals surface area (Å²) in [7, 11) is 0. The van der Waals surface area contributed by atoms with Crippen LogP contribution < -0.4 is 5.32 Å².